The van der Waals surface area contributed by atoms with Gasteiger partial charge in [-0.3, -0.25) is 4.79 Å². The van der Waals surface area contributed by atoms with E-state index in [1.54, 1.807) is 18.5 Å². The normalized spacial score (nSPS) is 20.3. The third-order valence-electron chi connectivity index (χ3n) is 4.48. The summed E-state index contributed by atoms with van der Waals surface area (Å²) in [6.07, 6.45) is 6.63. The summed E-state index contributed by atoms with van der Waals surface area (Å²) in [6.45, 7) is 4.26. The lowest BCUT2D eigenvalue weighted by atomic mass is 10.1. The van der Waals surface area contributed by atoms with E-state index in [0.717, 1.165) is 44.7 Å². The Bertz CT molecular complexity index is 723. The Kier molecular flexibility index (Phi) is 4.28. The third-order valence-corrected chi connectivity index (χ3v) is 5.62. The fraction of sp³-hybridized carbons (Fsp3) is 0.529. The van der Waals surface area contributed by atoms with Crippen LogP contribution in [0.5, 0.6) is 0 Å². The van der Waals surface area contributed by atoms with Crippen molar-refractivity contribution >= 4 is 17.2 Å². The molecule has 3 heterocycles. The molecule has 0 spiro atoms. The summed E-state index contributed by atoms with van der Waals surface area (Å²) in [6, 6.07) is 2.16. The monoisotopic (exact) mass is 344 g/mol. The zero-order valence-electron chi connectivity index (χ0n) is 13.6. The zero-order chi connectivity index (χ0) is 16.5. The molecule has 2 aromatic heterocycles. The van der Waals surface area contributed by atoms with Crippen LogP contribution in [-0.4, -0.2) is 51.6 Å². The average molecular weight is 344 g/mol. The first kappa shape index (κ1) is 15.7. The van der Waals surface area contributed by atoms with Crippen LogP contribution >= 0.6 is 11.3 Å². The minimum absolute atomic E-state index is 0.0987. The van der Waals surface area contributed by atoms with Gasteiger partial charge in [-0.25, -0.2) is 15.0 Å². The van der Waals surface area contributed by atoms with Crippen LogP contribution in [0.25, 0.3) is 10.8 Å². The summed E-state index contributed by atoms with van der Waals surface area (Å²) >= 11 is 1.39. The first-order valence-corrected chi connectivity index (χ1v) is 9.17. The predicted molar refractivity (Wildman–Crippen MR) is 90.9 cm³/mol. The fourth-order valence-electron chi connectivity index (χ4n) is 3.02. The SMILES string of the molecule is Cc1nc(-c2ncccn2)sc1C(=O)N(C[C@@H]1CCOC1)C1CC1. The molecular weight excluding hydrogens is 324 g/mol. The molecule has 2 aliphatic rings. The van der Waals surface area contributed by atoms with E-state index in [4.69, 9.17) is 4.74 Å². The Morgan fingerprint density at radius 1 is 1.33 bits per heavy atom. The van der Waals surface area contributed by atoms with E-state index >= 15 is 0 Å². The first-order valence-electron chi connectivity index (χ1n) is 8.36. The summed E-state index contributed by atoms with van der Waals surface area (Å²) < 4.78 is 5.47. The van der Waals surface area contributed by atoms with E-state index < -0.39 is 0 Å². The van der Waals surface area contributed by atoms with Crippen LogP contribution in [0, 0.1) is 12.8 Å². The number of hydrogen-bond donors (Lipinski definition) is 0. The number of aromatic nitrogens is 3. The number of thiazole rings is 1. The standard InChI is InChI=1S/C17H20N4O2S/c1-11-14(24-16(20-11)15-18-6-2-7-19-15)17(22)21(13-3-4-13)9-12-5-8-23-10-12/h2,6-7,12-13H,3-5,8-10H2,1H3/t12-/m0/s1. The molecule has 0 radical (unpaired) electrons. The number of carbonyl (C=O) groups excluding carboxylic acids is 1. The highest BCUT2D eigenvalue weighted by molar-refractivity contribution is 7.17. The first-order chi connectivity index (χ1) is 11.7. The van der Waals surface area contributed by atoms with Gasteiger partial charge in [0.1, 0.15) is 4.88 Å². The van der Waals surface area contributed by atoms with Crippen molar-refractivity contribution in [3.05, 3.63) is 29.0 Å². The van der Waals surface area contributed by atoms with Gasteiger partial charge in [0.15, 0.2) is 10.8 Å². The summed E-state index contributed by atoms with van der Waals surface area (Å²) in [5, 5.41) is 0.705. The molecule has 0 bridgehead atoms. The topological polar surface area (TPSA) is 68.2 Å². The van der Waals surface area contributed by atoms with Gasteiger partial charge in [-0.2, -0.15) is 0 Å². The molecule has 0 aromatic carbocycles. The third kappa shape index (κ3) is 3.18. The van der Waals surface area contributed by atoms with Gasteiger partial charge in [-0.1, -0.05) is 0 Å². The summed E-state index contributed by atoms with van der Waals surface area (Å²) in [5.41, 5.74) is 0.765. The largest absolute Gasteiger partial charge is 0.381 e. The Hall–Kier alpha value is -1.86. The number of amides is 1. The molecule has 126 valence electrons. The Morgan fingerprint density at radius 3 is 2.79 bits per heavy atom. The van der Waals surface area contributed by atoms with E-state index in [2.05, 4.69) is 15.0 Å². The van der Waals surface area contributed by atoms with E-state index in [-0.39, 0.29) is 5.91 Å². The van der Waals surface area contributed by atoms with E-state index in [9.17, 15) is 4.79 Å². The molecule has 1 aliphatic carbocycles. The second-order valence-electron chi connectivity index (χ2n) is 6.42. The van der Waals surface area contributed by atoms with Gasteiger partial charge >= 0.3 is 0 Å². The molecule has 2 fully saturated rings. The van der Waals surface area contributed by atoms with E-state index in [0.29, 0.717) is 27.7 Å². The molecule has 1 atom stereocenters. The molecule has 4 rings (SSSR count). The highest BCUT2D eigenvalue weighted by Crippen LogP contribution is 2.33. The van der Waals surface area contributed by atoms with Crippen molar-refractivity contribution < 1.29 is 9.53 Å². The lowest BCUT2D eigenvalue weighted by Crippen LogP contribution is -2.37. The fourth-order valence-corrected chi connectivity index (χ4v) is 3.99. The summed E-state index contributed by atoms with van der Waals surface area (Å²) in [4.78, 5) is 28.8. The number of aryl methyl sites for hydroxylation is 1. The molecule has 0 unspecified atom stereocenters. The van der Waals surface area contributed by atoms with Crippen molar-refractivity contribution in [2.45, 2.75) is 32.2 Å². The molecule has 1 aliphatic heterocycles. The van der Waals surface area contributed by atoms with Crippen LogP contribution in [0.2, 0.25) is 0 Å². The summed E-state index contributed by atoms with van der Waals surface area (Å²) in [5.74, 6) is 1.13. The van der Waals surface area contributed by atoms with Gasteiger partial charge in [-0.15, -0.1) is 11.3 Å². The lowest BCUT2D eigenvalue weighted by Gasteiger charge is -2.24. The van der Waals surface area contributed by atoms with Crippen LogP contribution < -0.4 is 0 Å². The smallest absolute Gasteiger partial charge is 0.266 e. The molecule has 1 saturated carbocycles. The molecule has 7 heteroatoms. The Labute approximate surface area is 144 Å². The maximum Gasteiger partial charge on any atom is 0.266 e. The summed E-state index contributed by atoms with van der Waals surface area (Å²) in [7, 11) is 0. The Balaban J connectivity index is 1.57. The molecule has 6 nitrogen and oxygen atoms in total. The van der Waals surface area contributed by atoms with Gasteiger partial charge in [0.05, 0.1) is 12.3 Å². The van der Waals surface area contributed by atoms with Gasteiger partial charge in [0.2, 0.25) is 0 Å². The molecule has 24 heavy (non-hydrogen) atoms. The lowest BCUT2D eigenvalue weighted by molar-refractivity contribution is 0.0710. The van der Waals surface area contributed by atoms with Crippen molar-refractivity contribution in [2.75, 3.05) is 19.8 Å². The van der Waals surface area contributed by atoms with Gasteiger partial charge in [-0.05, 0) is 32.3 Å². The number of ether oxygens (including phenoxy) is 1. The van der Waals surface area contributed by atoms with Crippen molar-refractivity contribution in [3.63, 3.8) is 0 Å². The molecule has 0 N–H and O–H groups in total. The average Bonchev–Trinajstić information content (AvgIpc) is 3.17. The van der Waals surface area contributed by atoms with Crippen molar-refractivity contribution in [1.29, 1.82) is 0 Å². The van der Waals surface area contributed by atoms with Crippen LogP contribution in [0.4, 0.5) is 0 Å². The minimum Gasteiger partial charge on any atom is -0.381 e. The number of rotatable bonds is 5. The van der Waals surface area contributed by atoms with Gasteiger partial charge in [0, 0.05) is 37.5 Å². The zero-order valence-corrected chi connectivity index (χ0v) is 14.5. The van der Waals surface area contributed by atoms with E-state index in [1.807, 2.05) is 11.8 Å². The Morgan fingerprint density at radius 2 is 2.12 bits per heavy atom. The van der Waals surface area contributed by atoms with Crippen molar-refractivity contribution in [2.24, 2.45) is 5.92 Å². The molecular formula is C17H20N4O2S. The number of nitrogens with zero attached hydrogens (tertiary/aromatic N) is 4. The van der Waals surface area contributed by atoms with Crippen molar-refractivity contribution in [1.82, 2.24) is 19.9 Å². The van der Waals surface area contributed by atoms with Crippen molar-refractivity contribution in [3.8, 4) is 10.8 Å². The maximum absolute atomic E-state index is 13.1. The van der Waals surface area contributed by atoms with Crippen LogP contribution in [0.1, 0.15) is 34.6 Å². The van der Waals surface area contributed by atoms with Gasteiger partial charge < -0.3 is 9.64 Å². The van der Waals surface area contributed by atoms with Crippen LogP contribution in [0.3, 0.4) is 0 Å². The quantitative estimate of drug-likeness (QED) is 0.834. The molecule has 1 amide bonds. The van der Waals surface area contributed by atoms with Crippen LogP contribution in [0.15, 0.2) is 18.5 Å². The molecule has 2 aromatic rings. The number of hydrogen-bond acceptors (Lipinski definition) is 6. The number of carbonyl (C=O) groups is 1. The van der Waals surface area contributed by atoms with E-state index in [1.165, 1.54) is 11.3 Å². The minimum atomic E-state index is 0.0987. The predicted octanol–water partition coefficient (Wildman–Crippen LogP) is 2.55. The van der Waals surface area contributed by atoms with Crippen LogP contribution in [-0.2, 0) is 4.74 Å². The highest BCUT2D eigenvalue weighted by Gasteiger charge is 2.36. The molecule has 1 saturated heterocycles. The second-order valence-corrected chi connectivity index (χ2v) is 7.42. The van der Waals surface area contributed by atoms with Gasteiger partial charge in [0.25, 0.3) is 5.91 Å². The maximum atomic E-state index is 13.1. The highest BCUT2D eigenvalue weighted by atomic mass is 32.1. The second kappa shape index (κ2) is 6.57.